The van der Waals surface area contributed by atoms with Gasteiger partial charge < -0.3 is 10.2 Å². The van der Waals surface area contributed by atoms with Crippen molar-refractivity contribution in [3.8, 4) is 0 Å². The first-order valence-electron chi connectivity index (χ1n) is 8.19. The maximum absolute atomic E-state index is 12.9. The van der Waals surface area contributed by atoms with Gasteiger partial charge in [-0.25, -0.2) is 0 Å². The third kappa shape index (κ3) is 3.22. The van der Waals surface area contributed by atoms with Gasteiger partial charge >= 0.3 is 0 Å². The van der Waals surface area contributed by atoms with E-state index in [-0.39, 0.29) is 5.91 Å². The fourth-order valence-corrected chi connectivity index (χ4v) is 3.29. The first-order chi connectivity index (χ1) is 10.0. The topological polar surface area (TPSA) is 32.3 Å². The highest BCUT2D eigenvalue weighted by molar-refractivity contribution is 6.00. The summed E-state index contributed by atoms with van der Waals surface area (Å²) in [4.78, 5) is 14.9. The molecule has 0 aromatic heterocycles. The molecule has 21 heavy (non-hydrogen) atoms. The van der Waals surface area contributed by atoms with Crippen LogP contribution in [0.15, 0.2) is 18.2 Å². The van der Waals surface area contributed by atoms with E-state index in [0.29, 0.717) is 5.41 Å². The number of nitrogens with one attached hydrogen (secondary N) is 1. The molecule has 1 N–H and O–H groups in total. The molecule has 1 aliphatic rings. The summed E-state index contributed by atoms with van der Waals surface area (Å²) in [6.07, 6.45) is 3.44. The van der Waals surface area contributed by atoms with Crippen LogP contribution in [-0.4, -0.2) is 30.4 Å². The molecule has 1 aliphatic heterocycles. The van der Waals surface area contributed by atoms with Crippen LogP contribution in [0.1, 0.15) is 56.0 Å². The standard InChI is InChI=1S/C18H28N2O/c1-5-18(6-2)10-11-20(13-18)17(21)15-9-8-14(4)12-16(15)19-7-3/h8-9,12,19H,5-7,10-11,13H2,1-4H3. The Hall–Kier alpha value is -1.51. The molecular weight excluding hydrogens is 260 g/mol. The molecule has 1 saturated heterocycles. The van der Waals surface area contributed by atoms with Crippen molar-refractivity contribution >= 4 is 11.6 Å². The Balaban J connectivity index is 2.21. The maximum Gasteiger partial charge on any atom is 0.255 e. The molecule has 3 nitrogen and oxygen atoms in total. The van der Waals surface area contributed by atoms with Gasteiger partial charge in [-0.2, -0.15) is 0 Å². The molecule has 116 valence electrons. The first-order valence-corrected chi connectivity index (χ1v) is 8.19. The maximum atomic E-state index is 12.9. The molecule has 1 aromatic carbocycles. The van der Waals surface area contributed by atoms with Gasteiger partial charge in [-0.3, -0.25) is 4.79 Å². The van der Waals surface area contributed by atoms with Gasteiger partial charge in [0.05, 0.1) is 5.56 Å². The number of nitrogens with zero attached hydrogens (tertiary/aromatic N) is 1. The average Bonchev–Trinajstić information content (AvgIpc) is 2.92. The number of anilines is 1. The summed E-state index contributed by atoms with van der Waals surface area (Å²) in [6.45, 7) is 11.2. The van der Waals surface area contributed by atoms with E-state index in [0.717, 1.165) is 50.1 Å². The summed E-state index contributed by atoms with van der Waals surface area (Å²) in [7, 11) is 0. The van der Waals surface area contributed by atoms with Crippen LogP contribution < -0.4 is 5.32 Å². The van der Waals surface area contributed by atoms with Crippen molar-refractivity contribution in [2.75, 3.05) is 25.0 Å². The number of hydrogen-bond donors (Lipinski definition) is 1. The van der Waals surface area contributed by atoms with Gasteiger partial charge in [0.1, 0.15) is 0 Å². The van der Waals surface area contributed by atoms with E-state index < -0.39 is 0 Å². The number of carbonyl (C=O) groups excluding carboxylic acids is 1. The lowest BCUT2D eigenvalue weighted by atomic mass is 9.82. The second-order valence-corrected chi connectivity index (χ2v) is 6.26. The Kier molecular flexibility index (Phi) is 4.92. The van der Waals surface area contributed by atoms with E-state index >= 15 is 0 Å². The molecule has 1 amide bonds. The highest BCUT2D eigenvalue weighted by atomic mass is 16.2. The van der Waals surface area contributed by atoms with E-state index in [1.54, 1.807) is 0 Å². The minimum atomic E-state index is 0.176. The molecule has 0 saturated carbocycles. The molecule has 2 rings (SSSR count). The Morgan fingerprint density at radius 2 is 2.00 bits per heavy atom. The lowest BCUT2D eigenvalue weighted by molar-refractivity contribution is 0.0771. The highest BCUT2D eigenvalue weighted by Crippen LogP contribution is 2.37. The van der Waals surface area contributed by atoms with Crippen molar-refractivity contribution in [3.05, 3.63) is 29.3 Å². The van der Waals surface area contributed by atoms with Crippen molar-refractivity contribution in [2.24, 2.45) is 5.41 Å². The molecule has 0 radical (unpaired) electrons. The molecule has 0 unspecified atom stereocenters. The number of rotatable bonds is 5. The van der Waals surface area contributed by atoms with Crippen LogP contribution in [0.25, 0.3) is 0 Å². The van der Waals surface area contributed by atoms with Crippen molar-refractivity contribution in [3.63, 3.8) is 0 Å². The zero-order valence-corrected chi connectivity index (χ0v) is 13.8. The summed E-state index contributed by atoms with van der Waals surface area (Å²) in [6, 6.07) is 6.06. The lowest BCUT2D eigenvalue weighted by Crippen LogP contribution is -2.32. The summed E-state index contributed by atoms with van der Waals surface area (Å²) in [5.74, 6) is 0.176. The van der Waals surface area contributed by atoms with Gasteiger partial charge in [0.15, 0.2) is 0 Å². The first kappa shape index (κ1) is 15.9. The summed E-state index contributed by atoms with van der Waals surface area (Å²) >= 11 is 0. The zero-order chi connectivity index (χ0) is 15.5. The summed E-state index contributed by atoms with van der Waals surface area (Å²) in [5.41, 5.74) is 3.29. The molecule has 3 heteroatoms. The molecular formula is C18H28N2O. The van der Waals surface area contributed by atoms with E-state index in [1.807, 2.05) is 17.0 Å². The third-order valence-electron chi connectivity index (χ3n) is 5.00. The monoisotopic (exact) mass is 288 g/mol. The molecule has 0 atom stereocenters. The van der Waals surface area contributed by atoms with Crippen LogP contribution in [0.3, 0.4) is 0 Å². The van der Waals surface area contributed by atoms with Gasteiger partial charge in [-0.05, 0) is 56.2 Å². The molecule has 1 aromatic rings. The van der Waals surface area contributed by atoms with Gasteiger partial charge in [0.25, 0.3) is 5.91 Å². The quantitative estimate of drug-likeness (QED) is 0.885. The zero-order valence-electron chi connectivity index (χ0n) is 13.8. The minimum absolute atomic E-state index is 0.176. The van der Waals surface area contributed by atoms with Crippen LogP contribution >= 0.6 is 0 Å². The number of hydrogen-bond acceptors (Lipinski definition) is 2. The smallest absolute Gasteiger partial charge is 0.255 e. The fraction of sp³-hybridized carbons (Fsp3) is 0.611. The van der Waals surface area contributed by atoms with Gasteiger partial charge in [0.2, 0.25) is 0 Å². The van der Waals surface area contributed by atoms with E-state index in [2.05, 4.69) is 39.1 Å². The Labute approximate surface area is 128 Å². The van der Waals surface area contributed by atoms with Crippen LogP contribution in [0.4, 0.5) is 5.69 Å². The molecule has 1 fully saturated rings. The molecule has 0 aliphatic carbocycles. The number of carbonyl (C=O) groups is 1. The Morgan fingerprint density at radius 1 is 1.29 bits per heavy atom. The summed E-state index contributed by atoms with van der Waals surface area (Å²) < 4.78 is 0. The largest absolute Gasteiger partial charge is 0.385 e. The van der Waals surface area contributed by atoms with Crippen molar-refractivity contribution in [2.45, 2.75) is 47.0 Å². The van der Waals surface area contributed by atoms with Crippen LogP contribution in [0.5, 0.6) is 0 Å². The van der Waals surface area contributed by atoms with Gasteiger partial charge in [-0.1, -0.05) is 19.9 Å². The number of benzene rings is 1. The predicted molar refractivity (Wildman–Crippen MR) is 88.9 cm³/mol. The molecule has 1 heterocycles. The van der Waals surface area contributed by atoms with E-state index in [9.17, 15) is 4.79 Å². The van der Waals surface area contributed by atoms with E-state index in [1.165, 1.54) is 5.56 Å². The predicted octanol–water partition coefficient (Wildman–Crippen LogP) is 4.08. The highest BCUT2D eigenvalue weighted by Gasteiger charge is 2.37. The third-order valence-corrected chi connectivity index (χ3v) is 5.00. The molecule has 0 bridgehead atoms. The Morgan fingerprint density at radius 3 is 2.57 bits per heavy atom. The fourth-order valence-electron chi connectivity index (χ4n) is 3.29. The number of amides is 1. The normalized spacial score (nSPS) is 17.0. The van der Waals surface area contributed by atoms with Gasteiger partial charge in [0, 0.05) is 25.3 Å². The lowest BCUT2D eigenvalue weighted by Gasteiger charge is -2.26. The van der Waals surface area contributed by atoms with Crippen LogP contribution in [0.2, 0.25) is 0 Å². The van der Waals surface area contributed by atoms with Crippen molar-refractivity contribution < 1.29 is 4.79 Å². The SMILES string of the molecule is CCNc1cc(C)ccc1C(=O)N1CCC(CC)(CC)C1. The number of likely N-dealkylation sites (tertiary alicyclic amines) is 1. The van der Waals surface area contributed by atoms with Crippen molar-refractivity contribution in [1.82, 2.24) is 4.90 Å². The second kappa shape index (κ2) is 6.50. The van der Waals surface area contributed by atoms with Crippen LogP contribution in [0, 0.1) is 12.3 Å². The molecule has 0 spiro atoms. The average molecular weight is 288 g/mol. The number of aryl methyl sites for hydroxylation is 1. The van der Waals surface area contributed by atoms with Crippen LogP contribution in [-0.2, 0) is 0 Å². The second-order valence-electron chi connectivity index (χ2n) is 6.26. The van der Waals surface area contributed by atoms with Gasteiger partial charge in [-0.15, -0.1) is 0 Å². The van der Waals surface area contributed by atoms with E-state index in [4.69, 9.17) is 0 Å². The summed E-state index contributed by atoms with van der Waals surface area (Å²) in [5, 5.41) is 3.32. The Bertz CT molecular complexity index is 506. The minimum Gasteiger partial charge on any atom is -0.385 e. The van der Waals surface area contributed by atoms with Crippen molar-refractivity contribution in [1.29, 1.82) is 0 Å².